The lowest BCUT2D eigenvalue weighted by molar-refractivity contribution is 0.894. The monoisotopic (exact) mass is 291 g/mol. The van der Waals surface area contributed by atoms with Gasteiger partial charge < -0.3 is 5.73 Å². The topological polar surface area (TPSA) is 60.9 Å². The fourth-order valence-electron chi connectivity index (χ4n) is 3.06. The number of nitrogens with two attached hydrogens (primary N) is 1. The van der Waals surface area contributed by atoms with Gasteiger partial charge in [-0.15, -0.1) is 0 Å². The Balaban J connectivity index is 2.07. The van der Waals surface area contributed by atoms with Gasteiger partial charge in [0.05, 0.1) is 22.3 Å². The summed E-state index contributed by atoms with van der Waals surface area (Å²) in [6.45, 7) is 1.85. The number of nitrogens with zero attached hydrogens (tertiary/aromatic N) is 2. The zero-order chi connectivity index (χ0) is 15.3. The van der Waals surface area contributed by atoms with Crippen molar-refractivity contribution in [2.24, 2.45) is 0 Å². The van der Waals surface area contributed by atoms with Gasteiger partial charge in [0.25, 0.3) is 5.56 Å². The fourth-order valence-corrected chi connectivity index (χ4v) is 3.06. The molecule has 3 aromatic rings. The molecule has 4 rings (SSSR count). The van der Waals surface area contributed by atoms with E-state index in [-0.39, 0.29) is 5.56 Å². The molecule has 22 heavy (non-hydrogen) atoms. The second-order valence-electron chi connectivity index (χ2n) is 5.87. The Morgan fingerprint density at radius 2 is 1.86 bits per heavy atom. The van der Waals surface area contributed by atoms with Crippen LogP contribution in [0.5, 0.6) is 0 Å². The number of benzene rings is 2. The van der Waals surface area contributed by atoms with Crippen molar-refractivity contribution in [3.8, 4) is 5.69 Å². The molecule has 4 heteroatoms. The van der Waals surface area contributed by atoms with Gasteiger partial charge in [0.15, 0.2) is 0 Å². The van der Waals surface area contributed by atoms with Crippen molar-refractivity contribution in [1.82, 2.24) is 9.55 Å². The maximum Gasteiger partial charge on any atom is 0.268 e. The van der Waals surface area contributed by atoms with E-state index < -0.39 is 0 Å². The maximum absolute atomic E-state index is 13.0. The smallest absolute Gasteiger partial charge is 0.268 e. The number of anilines is 1. The third-order valence-electron chi connectivity index (χ3n) is 4.31. The van der Waals surface area contributed by atoms with Gasteiger partial charge in [-0.3, -0.25) is 9.36 Å². The van der Waals surface area contributed by atoms with Crippen molar-refractivity contribution >= 4 is 16.6 Å². The van der Waals surface area contributed by atoms with E-state index in [9.17, 15) is 4.79 Å². The number of nitrogen functional groups attached to an aromatic ring is 1. The lowest BCUT2D eigenvalue weighted by Crippen LogP contribution is -2.23. The van der Waals surface area contributed by atoms with Crippen LogP contribution >= 0.6 is 0 Å². The van der Waals surface area contributed by atoms with Crippen LogP contribution in [0.1, 0.15) is 30.1 Å². The van der Waals surface area contributed by atoms with E-state index in [4.69, 9.17) is 5.73 Å². The summed E-state index contributed by atoms with van der Waals surface area (Å²) in [5.74, 6) is 1.18. The van der Waals surface area contributed by atoms with Crippen LogP contribution in [0.15, 0.2) is 47.3 Å². The van der Waals surface area contributed by atoms with Crippen LogP contribution in [0.4, 0.5) is 5.69 Å². The molecular formula is C18H17N3O. The Labute approximate surface area is 128 Å². The first-order valence-electron chi connectivity index (χ1n) is 7.54. The molecule has 0 atom stereocenters. The molecule has 110 valence electrons. The Bertz CT molecular complexity index is 924. The van der Waals surface area contributed by atoms with Crippen molar-refractivity contribution in [3.05, 3.63) is 64.2 Å². The zero-order valence-electron chi connectivity index (χ0n) is 12.4. The summed E-state index contributed by atoms with van der Waals surface area (Å²) in [4.78, 5) is 17.6. The first-order valence-corrected chi connectivity index (χ1v) is 7.54. The summed E-state index contributed by atoms with van der Waals surface area (Å²) in [6.07, 6.45) is 2.31. The molecule has 2 aromatic carbocycles. The van der Waals surface area contributed by atoms with E-state index in [2.05, 4.69) is 4.98 Å². The van der Waals surface area contributed by atoms with E-state index in [1.807, 2.05) is 49.4 Å². The summed E-state index contributed by atoms with van der Waals surface area (Å²) in [5, 5.41) is 0.541. The molecule has 4 nitrogen and oxygen atoms in total. The van der Waals surface area contributed by atoms with Gasteiger partial charge in [-0.05, 0) is 49.4 Å². The van der Waals surface area contributed by atoms with Gasteiger partial charge in [0, 0.05) is 0 Å². The maximum atomic E-state index is 13.0. The first-order chi connectivity index (χ1) is 10.7. The van der Waals surface area contributed by atoms with Crippen molar-refractivity contribution in [1.29, 1.82) is 0 Å². The fraction of sp³-hybridized carbons (Fsp3) is 0.222. The number of rotatable bonds is 2. The van der Waals surface area contributed by atoms with Crippen molar-refractivity contribution < 1.29 is 0 Å². The molecule has 1 aliphatic carbocycles. The van der Waals surface area contributed by atoms with Gasteiger partial charge in [-0.2, -0.15) is 0 Å². The van der Waals surface area contributed by atoms with E-state index >= 15 is 0 Å². The van der Waals surface area contributed by atoms with Gasteiger partial charge in [0.1, 0.15) is 5.82 Å². The third-order valence-corrected chi connectivity index (χ3v) is 4.31. The highest BCUT2D eigenvalue weighted by atomic mass is 16.1. The summed E-state index contributed by atoms with van der Waals surface area (Å²) >= 11 is 0. The molecule has 0 radical (unpaired) electrons. The molecule has 1 aliphatic rings. The molecule has 0 aliphatic heterocycles. The minimum Gasteiger partial charge on any atom is -0.398 e. The summed E-state index contributed by atoms with van der Waals surface area (Å²) < 4.78 is 1.63. The molecular weight excluding hydrogens is 274 g/mol. The highest BCUT2D eigenvalue weighted by Crippen LogP contribution is 2.43. The predicted octanol–water partition coefficient (Wildman–Crippen LogP) is 3.15. The molecule has 0 amide bonds. The lowest BCUT2D eigenvalue weighted by Gasteiger charge is -2.13. The second-order valence-corrected chi connectivity index (χ2v) is 5.87. The molecule has 1 fully saturated rings. The van der Waals surface area contributed by atoms with Crippen molar-refractivity contribution in [2.75, 3.05) is 5.73 Å². The molecule has 1 saturated carbocycles. The predicted molar refractivity (Wildman–Crippen MR) is 88.5 cm³/mol. The molecule has 1 heterocycles. The normalized spacial score (nSPS) is 14.4. The summed E-state index contributed by atoms with van der Waals surface area (Å²) in [5.41, 5.74) is 9.40. The molecule has 1 aromatic heterocycles. The second kappa shape index (κ2) is 4.70. The number of aromatic nitrogens is 2. The first kappa shape index (κ1) is 13.1. The van der Waals surface area contributed by atoms with Crippen LogP contribution in [-0.4, -0.2) is 9.55 Å². The molecule has 0 spiro atoms. The van der Waals surface area contributed by atoms with Crippen LogP contribution in [0.2, 0.25) is 0 Å². The quantitative estimate of drug-likeness (QED) is 0.738. The van der Waals surface area contributed by atoms with Crippen molar-refractivity contribution in [2.45, 2.75) is 25.7 Å². The number of fused-ring (bicyclic) bond motifs is 1. The Hall–Kier alpha value is -2.62. The standard InChI is InChI=1S/C18H17N3O/c1-11-20-15-10-9-14(12-7-8-12)17(19)16(15)18(22)21(11)13-5-3-2-4-6-13/h2-6,9-10,12H,7-8,19H2,1H3. The summed E-state index contributed by atoms with van der Waals surface area (Å²) in [7, 11) is 0. The van der Waals surface area contributed by atoms with Crippen LogP contribution in [0.3, 0.4) is 0 Å². The van der Waals surface area contributed by atoms with Crippen LogP contribution in [0, 0.1) is 6.92 Å². The Kier molecular flexibility index (Phi) is 2.79. The molecule has 2 N–H and O–H groups in total. The minimum absolute atomic E-state index is 0.0892. The Morgan fingerprint density at radius 1 is 1.14 bits per heavy atom. The third kappa shape index (κ3) is 1.91. The van der Waals surface area contributed by atoms with Gasteiger partial charge >= 0.3 is 0 Å². The number of hydrogen-bond acceptors (Lipinski definition) is 3. The van der Waals surface area contributed by atoms with Gasteiger partial charge in [-0.25, -0.2) is 4.98 Å². The van der Waals surface area contributed by atoms with E-state index in [1.165, 1.54) is 0 Å². The SMILES string of the molecule is Cc1nc2ccc(C3CC3)c(N)c2c(=O)n1-c1ccccc1. The van der Waals surface area contributed by atoms with E-state index in [1.54, 1.807) is 4.57 Å². The average Bonchev–Trinajstić information content (AvgIpc) is 3.33. The van der Waals surface area contributed by atoms with Gasteiger partial charge in [-0.1, -0.05) is 24.3 Å². The highest BCUT2D eigenvalue weighted by Gasteiger charge is 2.27. The largest absolute Gasteiger partial charge is 0.398 e. The summed E-state index contributed by atoms with van der Waals surface area (Å²) in [6, 6.07) is 13.5. The number of hydrogen-bond donors (Lipinski definition) is 1. The van der Waals surface area contributed by atoms with E-state index in [0.717, 1.165) is 24.1 Å². The van der Waals surface area contributed by atoms with Crippen LogP contribution in [-0.2, 0) is 0 Å². The van der Waals surface area contributed by atoms with Crippen molar-refractivity contribution in [3.63, 3.8) is 0 Å². The minimum atomic E-state index is -0.0892. The number of aryl methyl sites for hydroxylation is 1. The van der Waals surface area contributed by atoms with E-state index in [0.29, 0.717) is 28.3 Å². The molecule has 0 saturated heterocycles. The molecule has 0 unspecified atom stereocenters. The average molecular weight is 291 g/mol. The van der Waals surface area contributed by atoms with Crippen LogP contribution < -0.4 is 11.3 Å². The highest BCUT2D eigenvalue weighted by molar-refractivity contribution is 5.92. The Morgan fingerprint density at radius 3 is 2.55 bits per heavy atom. The zero-order valence-corrected chi connectivity index (χ0v) is 12.4. The number of para-hydroxylation sites is 1. The van der Waals surface area contributed by atoms with Crippen LogP contribution in [0.25, 0.3) is 16.6 Å². The van der Waals surface area contributed by atoms with Gasteiger partial charge in [0.2, 0.25) is 0 Å². The molecule has 0 bridgehead atoms. The lowest BCUT2D eigenvalue weighted by atomic mass is 10.0.